The van der Waals surface area contributed by atoms with Crippen LogP contribution >= 0.6 is 0 Å². The zero-order valence-electron chi connectivity index (χ0n) is 8.40. The maximum Gasteiger partial charge on any atom is 0.227 e. The minimum Gasteiger partial charge on any atom is -0.355 e. The zero-order chi connectivity index (χ0) is 10.2. The fourth-order valence-corrected chi connectivity index (χ4v) is 0.984. The SMILES string of the molecule is COC(CNCCc1ncno1)OC. The average Bonchev–Trinajstić information content (AvgIpc) is 2.71. The molecule has 0 aliphatic carbocycles. The van der Waals surface area contributed by atoms with Gasteiger partial charge in [0.15, 0.2) is 12.6 Å². The minimum atomic E-state index is -0.210. The van der Waals surface area contributed by atoms with Gasteiger partial charge in [-0.25, -0.2) is 0 Å². The molecular weight excluding hydrogens is 186 g/mol. The summed E-state index contributed by atoms with van der Waals surface area (Å²) < 4.78 is 14.8. The molecule has 0 fully saturated rings. The number of methoxy groups -OCH3 is 2. The van der Waals surface area contributed by atoms with Crippen molar-refractivity contribution in [2.75, 3.05) is 27.3 Å². The Bertz CT molecular complexity index is 224. The zero-order valence-corrected chi connectivity index (χ0v) is 8.40. The normalized spacial score (nSPS) is 11.1. The van der Waals surface area contributed by atoms with E-state index in [1.807, 2.05) is 0 Å². The van der Waals surface area contributed by atoms with Crippen molar-refractivity contribution in [3.63, 3.8) is 0 Å². The first kappa shape index (κ1) is 11.1. The summed E-state index contributed by atoms with van der Waals surface area (Å²) in [5.41, 5.74) is 0. The number of hydrogen-bond acceptors (Lipinski definition) is 6. The summed E-state index contributed by atoms with van der Waals surface area (Å²) in [6.07, 6.45) is 1.89. The molecule has 0 saturated carbocycles. The van der Waals surface area contributed by atoms with Gasteiger partial charge in [0, 0.05) is 33.7 Å². The number of hydrogen-bond donors (Lipinski definition) is 1. The maximum atomic E-state index is 5.00. The van der Waals surface area contributed by atoms with Gasteiger partial charge >= 0.3 is 0 Å². The first-order valence-corrected chi connectivity index (χ1v) is 4.38. The van der Waals surface area contributed by atoms with Gasteiger partial charge < -0.3 is 19.3 Å². The average molecular weight is 201 g/mol. The van der Waals surface area contributed by atoms with E-state index in [0.717, 1.165) is 6.54 Å². The lowest BCUT2D eigenvalue weighted by Crippen LogP contribution is -2.31. The molecule has 0 aromatic carbocycles. The summed E-state index contributed by atoms with van der Waals surface area (Å²) in [7, 11) is 3.21. The van der Waals surface area contributed by atoms with Gasteiger partial charge in [0.1, 0.15) is 0 Å². The smallest absolute Gasteiger partial charge is 0.227 e. The maximum absolute atomic E-state index is 5.00. The number of ether oxygens (including phenoxy) is 2. The van der Waals surface area contributed by atoms with Crippen molar-refractivity contribution in [2.24, 2.45) is 0 Å². The molecule has 80 valence electrons. The molecule has 1 N–H and O–H groups in total. The fourth-order valence-electron chi connectivity index (χ4n) is 0.984. The Morgan fingerprint density at radius 2 is 2.29 bits per heavy atom. The second kappa shape index (κ2) is 6.47. The molecule has 0 radical (unpaired) electrons. The Labute approximate surface area is 82.6 Å². The molecule has 0 amide bonds. The Balaban J connectivity index is 2.04. The van der Waals surface area contributed by atoms with Crippen LogP contribution in [0.3, 0.4) is 0 Å². The van der Waals surface area contributed by atoms with Crippen molar-refractivity contribution in [3.05, 3.63) is 12.2 Å². The first-order chi connectivity index (χ1) is 6.86. The molecule has 1 aromatic rings. The van der Waals surface area contributed by atoms with E-state index >= 15 is 0 Å². The van der Waals surface area contributed by atoms with Crippen molar-refractivity contribution in [1.82, 2.24) is 15.5 Å². The Kier molecular flexibility index (Phi) is 5.13. The molecule has 1 rings (SSSR count). The lowest BCUT2D eigenvalue weighted by molar-refractivity contribution is -0.0986. The van der Waals surface area contributed by atoms with Crippen molar-refractivity contribution < 1.29 is 14.0 Å². The second-order valence-corrected chi connectivity index (χ2v) is 2.69. The van der Waals surface area contributed by atoms with Gasteiger partial charge in [0.05, 0.1) is 0 Å². The number of nitrogens with one attached hydrogen (secondary N) is 1. The van der Waals surface area contributed by atoms with Crippen LogP contribution in [0.2, 0.25) is 0 Å². The van der Waals surface area contributed by atoms with Gasteiger partial charge in [-0.2, -0.15) is 4.98 Å². The molecule has 0 aliphatic heterocycles. The fraction of sp³-hybridized carbons (Fsp3) is 0.750. The topological polar surface area (TPSA) is 69.4 Å². The van der Waals surface area contributed by atoms with Crippen LogP contribution in [0.1, 0.15) is 5.89 Å². The van der Waals surface area contributed by atoms with Crippen molar-refractivity contribution in [2.45, 2.75) is 12.7 Å². The summed E-state index contributed by atoms with van der Waals surface area (Å²) in [4.78, 5) is 3.89. The van der Waals surface area contributed by atoms with E-state index in [-0.39, 0.29) is 6.29 Å². The minimum absolute atomic E-state index is 0.210. The molecular formula is C8H15N3O3. The van der Waals surface area contributed by atoms with E-state index in [2.05, 4.69) is 15.5 Å². The predicted molar refractivity (Wildman–Crippen MR) is 48.7 cm³/mol. The molecule has 0 spiro atoms. The van der Waals surface area contributed by atoms with Gasteiger partial charge in [-0.15, -0.1) is 0 Å². The van der Waals surface area contributed by atoms with Crippen molar-refractivity contribution in [3.8, 4) is 0 Å². The third kappa shape index (κ3) is 3.82. The highest BCUT2D eigenvalue weighted by Crippen LogP contribution is 1.91. The van der Waals surface area contributed by atoms with E-state index in [4.69, 9.17) is 14.0 Å². The monoisotopic (exact) mass is 201 g/mol. The molecule has 0 bridgehead atoms. The molecule has 6 nitrogen and oxygen atoms in total. The van der Waals surface area contributed by atoms with Crippen molar-refractivity contribution in [1.29, 1.82) is 0 Å². The van der Waals surface area contributed by atoms with Crippen LogP contribution in [0.4, 0.5) is 0 Å². The molecule has 0 atom stereocenters. The standard InChI is InChI=1S/C8H15N3O3/c1-12-8(13-2)5-9-4-3-7-10-6-11-14-7/h6,8-9H,3-5H2,1-2H3. The molecule has 14 heavy (non-hydrogen) atoms. The second-order valence-electron chi connectivity index (χ2n) is 2.69. The van der Waals surface area contributed by atoms with E-state index < -0.39 is 0 Å². The van der Waals surface area contributed by atoms with E-state index in [9.17, 15) is 0 Å². The van der Waals surface area contributed by atoms with E-state index in [1.165, 1.54) is 6.33 Å². The predicted octanol–water partition coefficient (Wildman–Crippen LogP) is -0.179. The van der Waals surface area contributed by atoms with Gasteiger partial charge in [0.25, 0.3) is 0 Å². The van der Waals surface area contributed by atoms with Crippen LogP contribution in [0.5, 0.6) is 0 Å². The lowest BCUT2D eigenvalue weighted by atomic mass is 10.4. The number of nitrogens with zero attached hydrogens (tertiary/aromatic N) is 2. The lowest BCUT2D eigenvalue weighted by Gasteiger charge is -2.13. The summed E-state index contributed by atoms with van der Waals surface area (Å²) in [5, 5.41) is 6.65. The van der Waals surface area contributed by atoms with Crippen LogP contribution in [0.25, 0.3) is 0 Å². The molecule has 0 aliphatic rings. The molecule has 0 saturated heterocycles. The number of rotatable bonds is 7. The largest absolute Gasteiger partial charge is 0.355 e. The highest BCUT2D eigenvalue weighted by Gasteiger charge is 2.04. The molecule has 6 heteroatoms. The highest BCUT2D eigenvalue weighted by molar-refractivity contribution is 4.74. The van der Waals surface area contributed by atoms with Gasteiger partial charge in [0.2, 0.25) is 5.89 Å². The number of aromatic nitrogens is 2. The van der Waals surface area contributed by atoms with Crippen LogP contribution < -0.4 is 5.32 Å². The highest BCUT2D eigenvalue weighted by atomic mass is 16.7. The Morgan fingerprint density at radius 3 is 2.86 bits per heavy atom. The van der Waals surface area contributed by atoms with Gasteiger partial charge in [-0.1, -0.05) is 5.16 Å². The Morgan fingerprint density at radius 1 is 1.50 bits per heavy atom. The third-order valence-corrected chi connectivity index (χ3v) is 1.76. The third-order valence-electron chi connectivity index (χ3n) is 1.76. The molecule has 0 unspecified atom stereocenters. The van der Waals surface area contributed by atoms with Crippen LogP contribution in [-0.4, -0.2) is 43.7 Å². The first-order valence-electron chi connectivity index (χ1n) is 4.38. The molecule has 1 aromatic heterocycles. The summed E-state index contributed by atoms with van der Waals surface area (Å²) in [6, 6.07) is 0. The van der Waals surface area contributed by atoms with Crippen molar-refractivity contribution >= 4 is 0 Å². The van der Waals surface area contributed by atoms with E-state index in [0.29, 0.717) is 18.9 Å². The van der Waals surface area contributed by atoms with E-state index in [1.54, 1.807) is 14.2 Å². The quantitative estimate of drug-likeness (QED) is 0.487. The van der Waals surface area contributed by atoms with Gasteiger partial charge in [-0.3, -0.25) is 0 Å². The summed E-state index contributed by atoms with van der Waals surface area (Å²) in [5.74, 6) is 0.629. The Hall–Kier alpha value is -0.980. The van der Waals surface area contributed by atoms with Crippen LogP contribution in [-0.2, 0) is 15.9 Å². The van der Waals surface area contributed by atoms with Crippen LogP contribution in [0.15, 0.2) is 10.9 Å². The van der Waals surface area contributed by atoms with Crippen LogP contribution in [0, 0.1) is 0 Å². The summed E-state index contributed by atoms with van der Waals surface area (Å²) >= 11 is 0. The molecule has 1 heterocycles. The van der Waals surface area contributed by atoms with Gasteiger partial charge in [-0.05, 0) is 0 Å². The summed E-state index contributed by atoms with van der Waals surface area (Å²) in [6.45, 7) is 1.40.